The molecule has 0 saturated carbocycles. The molecule has 1 heterocycles. The average Bonchev–Trinajstić information content (AvgIpc) is 3.05. The van der Waals surface area contributed by atoms with E-state index in [2.05, 4.69) is 10.2 Å². The number of aromatic carboxylic acids is 1. The number of rotatable bonds is 4. The molecule has 3 aromatic rings. The van der Waals surface area contributed by atoms with Crippen molar-refractivity contribution >= 4 is 11.7 Å². The maximum absolute atomic E-state index is 11.3. The smallest absolute Gasteiger partial charge is 0.336 e. The number of hydrogen-bond acceptors (Lipinski definition) is 5. The summed E-state index contributed by atoms with van der Waals surface area (Å²) in [6.45, 7) is 0. The molecule has 0 aliphatic carbocycles. The molecule has 6 heteroatoms. The highest BCUT2D eigenvalue weighted by Crippen LogP contribution is 2.28. The van der Waals surface area contributed by atoms with Gasteiger partial charge in [0.15, 0.2) is 0 Å². The molecule has 0 unspecified atom stereocenters. The van der Waals surface area contributed by atoms with Crippen LogP contribution in [0.15, 0.2) is 52.9 Å². The predicted octanol–water partition coefficient (Wildman–Crippen LogP) is 3.17. The van der Waals surface area contributed by atoms with Crippen molar-refractivity contribution in [2.45, 2.75) is 0 Å². The Morgan fingerprint density at radius 2 is 1.78 bits per heavy atom. The van der Waals surface area contributed by atoms with Crippen molar-refractivity contribution < 1.29 is 14.3 Å². The Kier molecular flexibility index (Phi) is 3.80. The Balaban J connectivity index is 2.02. The van der Waals surface area contributed by atoms with E-state index >= 15 is 0 Å². The van der Waals surface area contributed by atoms with Crippen LogP contribution < -0.4 is 4.90 Å². The first-order valence-corrected chi connectivity index (χ1v) is 7.00. The summed E-state index contributed by atoms with van der Waals surface area (Å²) in [5, 5.41) is 17.3. The lowest BCUT2D eigenvalue weighted by Gasteiger charge is -2.12. The van der Waals surface area contributed by atoms with Gasteiger partial charge in [-0.2, -0.15) is 0 Å². The number of carboxylic acids is 1. The van der Waals surface area contributed by atoms with E-state index in [0.29, 0.717) is 11.5 Å². The molecule has 0 saturated heterocycles. The van der Waals surface area contributed by atoms with E-state index in [9.17, 15) is 9.90 Å². The molecule has 2 aromatic carbocycles. The first-order valence-electron chi connectivity index (χ1n) is 7.00. The average molecular weight is 309 g/mol. The Bertz CT molecular complexity index is 856. The van der Waals surface area contributed by atoms with Gasteiger partial charge in [0.25, 0.3) is 0 Å². The number of benzene rings is 2. The van der Waals surface area contributed by atoms with Gasteiger partial charge in [-0.15, -0.1) is 10.2 Å². The second-order valence-corrected chi connectivity index (χ2v) is 5.21. The molecular formula is C17H15N3O3. The summed E-state index contributed by atoms with van der Waals surface area (Å²) in [7, 11) is 3.89. The van der Waals surface area contributed by atoms with Crippen molar-refractivity contribution in [3.8, 4) is 22.9 Å². The van der Waals surface area contributed by atoms with E-state index in [4.69, 9.17) is 4.42 Å². The van der Waals surface area contributed by atoms with E-state index in [1.165, 1.54) is 6.07 Å². The van der Waals surface area contributed by atoms with Crippen LogP contribution in [-0.2, 0) is 0 Å². The zero-order valence-electron chi connectivity index (χ0n) is 12.7. The summed E-state index contributed by atoms with van der Waals surface area (Å²) in [5.41, 5.74) is 2.32. The van der Waals surface area contributed by atoms with Crippen LogP contribution in [0.2, 0.25) is 0 Å². The minimum atomic E-state index is -1.03. The SMILES string of the molecule is CN(C)c1cccc(-c2nnc(-c3ccccc3C(=O)O)o2)c1. The fourth-order valence-corrected chi connectivity index (χ4v) is 2.22. The maximum Gasteiger partial charge on any atom is 0.336 e. The highest BCUT2D eigenvalue weighted by Gasteiger charge is 2.17. The normalized spacial score (nSPS) is 10.5. The van der Waals surface area contributed by atoms with Crippen LogP contribution in [0.1, 0.15) is 10.4 Å². The van der Waals surface area contributed by atoms with Gasteiger partial charge in [0.05, 0.1) is 11.1 Å². The minimum absolute atomic E-state index is 0.129. The number of carbonyl (C=O) groups is 1. The fraction of sp³-hybridized carbons (Fsp3) is 0.118. The van der Waals surface area contributed by atoms with Crippen LogP contribution in [0.5, 0.6) is 0 Å². The van der Waals surface area contributed by atoms with Crippen molar-refractivity contribution in [1.82, 2.24) is 10.2 Å². The first-order chi connectivity index (χ1) is 11.1. The van der Waals surface area contributed by atoms with Crippen molar-refractivity contribution in [1.29, 1.82) is 0 Å². The minimum Gasteiger partial charge on any atom is -0.478 e. The van der Waals surface area contributed by atoms with Gasteiger partial charge >= 0.3 is 5.97 Å². The Morgan fingerprint density at radius 1 is 1.04 bits per heavy atom. The van der Waals surface area contributed by atoms with Crippen LogP contribution in [0.3, 0.4) is 0 Å². The van der Waals surface area contributed by atoms with Gasteiger partial charge in [-0.25, -0.2) is 4.79 Å². The molecule has 0 aliphatic rings. The number of aromatic nitrogens is 2. The van der Waals surface area contributed by atoms with E-state index in [-0.39, 0.29) is 11.5 Å². The second-order valence-electron chi connectivity index (χ2n) is 5.21. The van der Waals surface area contributed by atoms with Crippen molar-refractivity contribution in [3.63, 3.8) is 0 Å². The van der Waals surface area contributed by atoms with E-state index in [1.807, 2.05) is 43.3 Å². The summed E-state index contributed by atoms with van der Waals surface area (Å²) in [5.74, 6) is -0.493. The largest absolute Gasteiger partial charge is 0.478 e. The number of anilines is 1. The van der Waals surface area contributed by atoms with Crippen molar-refractivity contribution in [3.05, 3.63) is 54.1 Å². The maximum atomic E-state index is 11.3. The summed E-state index contributed by atoms with van der Waals surface area (Å²) < 4.78 is 5.68. The lowest BCUT2D eigenvalue weighted by Crippen LogP contribution is -2.08. The van der Waals surface area contributed by atoms with E-state index in [0.717, 1.165) is 11.3 Å². The lowest BCUT2D eigenvalue weighted by molar-refractivity contribution is 0.0697. The molecule has 6 nitrogen and oxygen atoms in total. The van der Waals surface area contributed by atoms with Crippen LogP contribution in [0.25, 0.3) is 22.9 Å². The second kappa shape index (κ2) is 5.92. The zero-order valence-corrected chi connectivity index (χ0v) is 12.7. The third kappa shape index (κ3) is 2.91. The van der Waals surface area contributed by atoms with Crippen LogP contribution in [0.4, 0.5) is 5.69 Å². The Hall–Kier alpha value is -3.15. The highest BCUT2D eigenvalue weighted by atomic mass is 16.4. The molecular weight excluding hydrogens is 294 g/mol. The highest BCUT2D eigenvalue weighted by molar-refractivity contribution is 5.94. The van der Waals surface area contributed by atoms with Gasteiger partial charge in [0.2, 0.25) is 11.8 Å². The van der Waals surface area contributed by atoms with Gasteiger partial charge in [-0.1, -0.05) is 18.2 Å². The topological polar surface area (TPSA) is 79.5 Å². The third-order valence-electron chi connectivity index (χ3n) is 3.42. The number of nitrogens with zero attached hydrogens (tertiary/aromatic N) is 3. The third-order valence-corrected chi connectivity index (χ3v) is 3.42. The van der Waals surface area contributed by atoms with Crippen LogP contribution in [-0.4, -0.2) is 35.4 Å². The summed E-state index contributed by atoms with van der Waals surface area (Å²) in [6.07, 6.45) is 0. The first kappa shape index (κ1) is 14.8. The standard InChI is InChI=1S/C17H15N3O3/c1-20(2)12-7-5-6-11(10-12)15-18-19-16(23-15)13-8-3-4-9-14(13)17(21)22/h3-10H,1-2H3,(H,21,22). The van der Waals surface area contributed by atoms with Gasteiger partial charge in [-0.3, -0.25) is 0 Å². The zero-order chi connectivity index (χ0) is 16.4. The monoisotopic (exact) mass is 309 g/mol. The Labute approximate surface area is 133 Å². The molecule has 1 aromatic heterocycles. The molecule has 23 heavy (non-hydrogen) atoms. The van der Waals surface area contributed by atoms with Crippen molar-refractivity contribution in [2.75, 3.05) is 19.0 Å². The van der Waals surface area contributed by atoms with Crippen LogP contribution in [0, 0.1) is 0 Å². The van der Waals surface area contributed by atoms with Crippen molar-refractivity contribution in [2.24, 2.45) is 0 Å². The van der Waals surface area contributed by atoms with Gasteiger partial charge in [0, 0.05) is 25.3 Å². The number of carboxylic acid groups (broad SMARTS) is 1. The Morgan fingerprint density at radius 3 is 2.52 bits per heavy atom. The van der Waals surface area contributed by atoms with E-state index < -0.39 is 5.97 Å². The van der Waals surface area contributed by atoms with Gasteiger partial charge < -0.3 is 14.4 Å². The molecule has 1 N–H and O–H groups in total. The molecule has 0 aliphatic heterocycles. The molecule has 3 rings (SSSR count). The van der Waals surface area contributed by atoms with Gasteiger partial charge in [-0.05, 0) is 30.3 Å². The summed E-state index contributed by atoms with van der Waals surface area (Å²) >= 11 is 0. The summed E-state index contributed by atoms with van der Waals surface area (Å²) in [4.78, 5) is 13.3. The molecule has 0 atom stereocenters. The van der Waals surface area contributed by atoms with E-state index in [1.54, 1.807) is 18.2 Å². The number of hydrogen-bond donors (Lipinski definition) is 1. The predicted molar refractivity (Wildman–Crippen MR) is 86.5 cm³/mol. The molecule has 0 bridgehead atoms. The molecule has 0 radical (unpaired) electrons. The van der Waals surface area contributed by atoms with Crippen LogP contribution >= 0.6 is 0 Å². The molecule has 0 spiro atoms. The lowest BCUT2D eigenvalue weighted by atomic mass is 10.1. The molecule has 0 fully saturated rings. The molecule has 116 valence electrons. The molecule has 0 amide bonds. The quantitative estimate of drug-likeness (QED) is 0.797. The summed E-state index contributed by atoms with van der Waals surface area (Å²) in [6, 6.07) is 14.2. The van der Waals surface area contributed by atoms with Gasteiger partial charge in [0.1, 0.15) is 0 Å². The fourth-order valence-electron chi connectivity index (χ4n) is 2.22.